The Morgan fingerprint density at radius 1 is 1.26 bits per heavy atom. The molecule has 1 aromatic carbocycles. The molecule has 0 aromatic heterocycles. The van der Waals surface area contributed by atoms with Gasteiger partial charge in [0.15, 0.2) is 0 Å². The fraction of sp³-hybridized carbons (Fsp3) is 0.647. The lowest BCUT2D eigenvalue weighted by Gasteiger charge is -2.38. The molecule has 1 heterocycles. The molecule has 2 heteroatoms. The maximum Gasteiger partial charge on any atom is 0.0453 e. The van der Waals surface area contributed by atoms with Crippen LogP contribution >= 0.6 is 0 Å². The van der Waals surface area contributed by atoms with E-state index < -0.39 is 0 Å². The highest BCUT2D eigenvalue weighted by molar-refractivity contribution is 5.20. The average Bonchev–Trinajstić information content (AvgIpc) is 2.90. The van der Waals surface area contributed by atoms with E-state index in [1.54, 1.807) is 0 Å². The third kappa shape index (κ3) is 3.18. The SMILES string of the molecule is CCC(C(N)c1ccccc1)N1CCCC1C(C)C. The Hall–Kier alpha value is -0.860. The zero-order chi connectivity index (χ0) is 13.8. The number of rotatable bonds is 5. The van der Waals surface area contributed by atoms with Crippen LogP contribution in [-0.4, -0.2) is 23.5 Å². The summed E-state index contributed by atoms with van der Waals surface area (Å²) in [6, 6.07) is 11.9. The number of nitrogens with two attached hydrogens (primary N) is 1. The van der Waals surface area contributed by atoms with Crippen molar-refractivity contribution in [1.82, 2.24) is 4.90 Å². The number of likely N-dealkylation sites (tertiary alicyclic amines) is 1. The number of hydrogen-bond donors (Lipinski definition) is 1. The van der Waals surface area contributed by atoms with E-state index in [4.69, 9.17) is 5.73 Å². The van der Waals surface area contributed by atoms with Gasteiger partial charge >= 0.3 is 0 Å². The average molecular weight is 260 g/mol. The van der Waals surface area contributed by atoms with Crippen molar-refractivity contribution < 1.29 is 0 Å². The molecule has 0 radical (unpaired) electrons. The van der Waals surface area contributed by atoms with Gasteiger partial charge in [-0.3, -0.25) is 4.90 Å². The molecule has 19 heavy (non-hydrogen) atoms. The molecule has 1 aromatic rings. The molecule has 2 rings (SSSR count). The van der Waals surface area contributed by atoms with Gasteiger partial charge in [-0.15, -0.1) is 0 Å². The van der Waals surface area contributed by atoms with Crippen molar-refractivity contribution in [2.45, 2.75) is 58.2 Å². The van der Waals surface area contributed by atoms with E-state index in [2.05, 4.69) is 56.0 Å². The Balaban J connectivity index is 2.15. The van der Waals surface area contributed by atoms with Crippen LogP contribution in [0.15, 0.2) is 30.3 Å². The van der Waals surface area contributed by atoms with Crippen LogP contribution in [0.4, 0.5) is 0 Å². The summed E-state index contributed by atoms with van der Waals surface area (Å²) in [5.74, 6) is 0.722. The van der Waals surface area contributed by atoms with Crippen LogP contribution in [0.5, 0.6) is 0 Å². The first kappa shape index (κ1) is 14.5. The van der Waals surface area contributed by atoms with Crippen LogP contribution in [0.25, 0.3) is 0 Å². The van der Waals surface area contributed by atoms with E-state index in [9.17, 15) is 0 Å². The van der Waals surface area contributed by atoms with Gasteiger partial charge in [0.25, 0.3) is 0 Å². The Labute approximate surface area is 118 Å². The summed E-state index contributed by atoms with van der Waals surface area (Å²) in [7, 11) is 0. The molecule has 2 nitrogen and oxygen atoms in total. The van der Waals surface area contributed by atoms with Crippen molar-refractivity contribution in [2.75, 3.05) is 6.54 Å². The predicted molar refractivity (Wildman–Crippen MR) is 82.0 cm³/mol. The summed E-state index contributed by atoms with van der Waals surface area (Å²) in [5.41, 5.74) is 7.82. The minimum atomic E-state index is 0.130. The van der Waals surface area contributed by atoms with Crippen molar-refractivity contribution in [2.24, 2.45) is 11.7 Å². The molecule has 0 saturated carbocycles. The highest BCUT2D eigenvalue weighted by atomic mass is 15.2. The first-order valence-corrected chi connectivity index (χ1v) is 7.71. The largest absolute Gasteiger partial charge is 0.323 e. The summed E-state index contributed by atoms with van der Waals surface area (Å²) in [6.07, 6.45) is 3.77. The Morgan fingerprint density at radius 3 is 2.53 bits per heavy atom. The maximum absolute atomic E-state index is 6.55. The molecule has 3 atom stereocenters. The second-order valence-corrected chi connectivity index (χ2v) is 6.10. The summed E-state index contributed by atoms with van der Waals surface area (Å²) in [6.45, 7) is 8.15. The number of benzene rings is 1. The summed E-state index contributed by atoms with van der Waals surface area (Å²) in [4.78, 5) is 2.67. The van der Waals surface area contributed by atoms with Gasteiger partial charge in [-0.25, -0.2) is 0 Å². The molecule has 3 unspecified atom stereocenters. The lowest BCUT2D eigenvalue weighted by Crippen LogP contribution is -2.46. The lowest BCUT2D eigenvalue weighted by molar-refractivity contribution is 0.122. The third-order valence-electron chi connectivity index (χ3n) is 4.56. The zero-order valence-corrected chi connectivity index (χ0v) is 12.5. The molecule has 0 amide bonds. The molecule has 1 aliphatic rings. The van der Waals surface area contributed by atoms with E-state index >= 15 is 0 Å². The normalized spacial score (nSPS) is 23.7. The van der Waals surface area contributed by atoms with E-state index in [1.165, 1.54) is 24.9 Å². The van der Waals surface area contributed by atoms with Crippen molar-refractivity contribution in [3.8, 4) is 0 Å². The standard InChI is InChI=1S/C17H28N2/c1-4-15(17(18)14-9-6-5-7-10-14)19-12-8-11-16(19)13(2)3/h5-7,9-10,13,15-17H,4,8,11-12,18H2,1-3H3. The molecule has 2 N–H and O–H groups in total. The molecule has 0 spiro atoms. The maximum atomic E-state index is 6.55. The van der Waals surface area contributed by atoms with E-state index in [0.29, 0.717) is 12.1 Å². The van der Waals surface area contributed by atoms with Gasteiger partial charge in [0.2, 0.25) is 0 Å². The monoisotopic (exact) mass is 260 g/mol. The molecule has 0 bridgehead atoms. The zero-order valence-electron chi connectivity index (χ0n) is 12.5. The predicted octanol–water partition coefficient (Wildman–Crippen LogP) is 3.59. The topological polar surface area (TPSA) is 29.3 Å². The van der Waals surface area contributed by atoms with Gasteiger partial charge < -0.3 is 5.73 Å². The van der Waals surface area contributed by atoms with Crippen LogP contribution < -0.4 is 5.73 Å². The van der Waals surface area contributed by atoms with Crippen molar-refractivity contribution >= 4 is 0 Å². The second-order valence-electron chi connectivity index (χ2n) is 6.10. The van der Waals surface area contributed by atoms with E-state index in [-0.39, 0.29) is 6.04 Å². The fourth-order valence-electron chi connectivity index (χ4n) is 3.53. The third-order valence-corrected chi connectivity index (χ3v) is 4.56. The van der Waals surface area contributed by atoms with Crippen molar-refractivity contribution in [3.05, 3.63) is 35.9 Å². The number of hydrogen-bond acceptors (Lipinski definition) is 2. The highest BCUT2D eigenvalue weighted by Crippen LogP contribution is 2.31. The molecular weight excluding hydrogens is 232 g/mol. The minimum Gasteiger partial charge on any atom is -0.323 e. The fourth-order valence-corrected chi connectivity index (χ4v) is 3.53. The van der Waals surface area contributed by atoms with Crippen LogP contribution in [0, 0.1) is 5.92 Å². The van der Waals surface area contributed by atoms with Gasteiger partial charge in [0.05, 0.1) is 0 Å². The molecule has 1 saturated heterocycles. The van der Waals surface area contributed by atoms with Crippen LogP contribution in [-0.2, 0) is 0 Å². The van der Waals surface area contributed by atoms with Crippen molar-refractivity contribution in [1.29, 1.82) is 0 Å². The smallest absolute Gasteiger partial charge is 0.0453 e. The first-order chi connectivity index (χ1) is 9.15. The molecule has 0 aliphatic carbocycles. The minimum absolute atomic E-state index is 0.130. The van der Waals surface area contributed by atoms with Crippen LogP contribution in [0.2, 0.25) is 0 Å². The Bertz CT molecular complexity index is 374. The lowest BCUT2D eigenvalue weighted by atomic mass is 9.94. The number of nitrogens with zero attached hydrogens (tertiary/aromatic N) is 1. The van der Waals surface area contributed by atoms with Crippen molar-refractivity contribution in [3.63, 3.8) is 0 Å². The van der Waals surface area contributed by atoms with Gasteiger partial charge in [0, 0.05) is 18.1 Å². The quantitative estimate of drug-likeness (QED) is 0.876. The van der Waals surface area contributed by atoms with E-state index in [1.807, 2.05) is 0 Å². The summed E-state index contributed by atoms with van der Waals surface area (Å²) < 4.78 is 0. The summed E-state index contributed by atoms with van der Waals surface area (Å²) >= 11 is 0. The van der Waals surface area contributed by atoms with Gasteiger partial charge in [0.1, 0.15) is 0 Å². The van der Waals surface area contributed by atoms with E-state index in [0.717, 1.165) is 12.3 Å². The molecule has 1 fully saturated rings. The van der Waals surface area contributed by atoms with Gasteiger partial charge in [-0.1, -0.05) is 51.1 Å². The molecule has 1 aliphatic heterocycles. The summed E-state index contributed by atoms with van der Waals surface area (Å²) in [5, 5.41) is 0. The second kappa shape index (κ2) is 6.53. The van der Waals surface area contributed by atoms with Crippen LogP contribution in [0.1, 0.15) is 51.6 Å². The highest BCUT2D eigenvalue weighted by Gasteiger charge is 2.34. The molecule has 106 valence electrons. The van der Waals surface area contributed by atoms with Gasteiger partial charge in [-0.2, -0.15) is 0 Å². The first-order valence-electron chi connectivity index (χ1n) is 7.71. The van der Waals surface area contributed by atoms with Gasteiger partial charge in [-0.05, 0) is 37.3 Å². The Morgan fingerprint density at radius 2 is 1.95 bits per heavy atom. The van der Waals surface area contributed by atoms with Crippen LogP contribution in [0.3, 0.4) is 0 Å². The molecular formula is C17H28N2. The Kier molecular flexibility index (Phi) is 5.00.